The first kappa shape index (κ1) is 21.9. The number of pyridine rings is 1. The summed E-state index contributed by atoms with van der Waals surface area (Å²) in [4.78, 5) is 26.6. The van der Waals surface area contributed by atoms with Crippen LogP contribution in [-0.4, -0.2) is 40.1 Å². The minimum Gasteiger partial charge on any atom is -0.349 e. The standard InChI is InChI=1S/C26H28FN7O/c27-15-26(9-10-26)21-2-1-3-22(32-21)33-23-20(24(35)30-18-6-7-18)14-29-25(34-23)31-19-5-4-17-13-28-11-8-16(17)12-19/h1-5,12,14,18,28H,6-11,13,15H2,(H,30,35)(H2,29,31,32,33,34). The van der Waals surface area contributed by atoms with E-state index in [9.17, 15) is 9.18 Å². The number of anilines is 4. The Kier molecular flexibility index (Phi) is 5.56. The number of rotatable bonds is 8. The van der Waals surface area contributed by atoms with Crippen molar-refractivity contribution < 1.29 is 9.18 Å². The quantitative estimate of drug-likeness (QED) is 0.393. The van der Waals surface area contributed by atoms with Gasteiger partial charge >= 0.3 is 0 Å². The largest absolute Gasteiger partial charge is 0.349 e. The highest BCUT2D eigenvalue weighted by atomic mass is 19.1. The molecule has 4 N–H and O–H groups in total. The van der Waals surface area contributed by atoms with E-state index in [1.165, 1.54) is 17.3 Å². The van der Waals surface area contributed by atoms with E-state index >= 15 is 0 Å². The van der Waals surface area contributed by atoms with Crippen LogP contribution in [0.4, 0.5) is 27.7 Å². The number of alkyl halides is 1. The van der Waals surface area contributed by atoms with Crippen LogP contribution in [0.5, 0.6) is 0 Å². The van der Waals surface area contributed by atoms with Gasteiger partial charge in [-0.1, -0.05) is 12.1 Å². The second-order valence-corrected chi connectivity index (χ2v) is 9.69. The zero-order valence-corrected chi connectivity index (χ0v) is 19.4. The average Bonchev–Trinajstić information content (AvgIpc) is 3.81. The van der Waals surface area contributed by atoms with E-state index in [-0.39, 0.29) is 11.9 Å². The Balaban J connectivity index is 1.29. The number of hydrogen-bond acceptors (Lipinski definition) is 7. The molecule has 0 unspecified atom stereocenters. The zero-order chi connectivity index (χ0) is 23.8. The van der Waals surface area contributed by atoms with E-state index < -0.39 is 12.1 Å². The lowest BCUT2D eigenvalue weighted by molar-refractivity contribution is 0.0951. The number of fused-ring (bicyclic) bond motifs is 1. The van der Waals surface area contributed by atoms with Crippen LogP contribution >= 0.6 is 0 Å². The van der Waals surface area contributed by atoms with Crippen molar-refractivity contribution in [3.05, 3.63) is 65.0 Å². The van der Waals surface area contributed by atoms with Gasteiger partial charge in [0.25, 0.3) is 5.91 Å². The fourth-order valence-electron chi connectivity index (χ4n) is 4.41. The smallest absolute Gasteiger partial charge is 0.256 e. The van der Waals surface area contributed by atoms with Gasteiger partial charge in [0.15, 0.2) is 0 Å². The Morgan fingerprint density at radius 2 is 2.00 bits per heavy atom. The Morgan fingerprint density at radius 1 is 1.11 bits per heavy atom. The van der Waals surface area contributed by atoms with Crippen molar-refractivity contribution in [2.24, 2.45) is 0 Å². The second kappa shape index (κ2) is 8.88. The summed E-state index contributed by atoms with van der Waals surface area (Å²) in [5.41, 5.74) is 4.10. The zero-order valence-electron chi connectivity index (χ0n) is 19.4. The molecule has 0 radical (unpaired) electrons. The molecule has 0 saturated heterocycles. The minimum atomic E-state index is -0.468. The number of amides is 1. The molecular formula is C26H28FN7O. The van der Waals surface area contributed by atoms with Crippen LogP contribution in [-0.2, 0) is 18.4 Å². The van der Waals surface area contributed by atoms with E-state index in [0.29, 0.717) is 23.1 Å². The van der Waals surface area contributed by atoms with E-state index in [2.05, 4.69) is 48.4 Å². The first-order chi connectivity index (χ1) is 17.1. The molecule has 35 heavy (non-hydrogen) atoms. The van der Waals surface area contributed by atoms with Crippen molar-refractivity contribution in [3.63, 3.8) is 0 Å². The molecule has 3 aromatic rings. The lowest BCUT2D eigenvalue weighted by Gasteiger charge is -2.18. The summed E-state index contributed by atoms with van der Waals surface area (Å²) in [6, 6.07) is 12.0. The number of aromatic nitrogens is 3. The van der Waals surface area contributed by atoms with Crippen molar-refractivity contribution >= 4 is 29.2 Å². The first-order valence-corrected chi connectivity index (χ1v) is 12.2. The summed E-state index contributed by atoms with van der Waals surface area (Å²) in [7, 11) is 0. The van der Waals surface area contributed by atoms with Gasteiger partial charge in [-0.15, -0.1) is 0 Å². The van der Waals surface area contributed by atoms with Crippen LogP contribution < -0.4 is 21.3 Å². The molecule has 2 aliphatic carbocycles. The minimum absolute atomic E-state index is 0.207. The van der Waals surface area contributed by atoms with Crippen molar-refractivity contribution in [1.82, 2.24) is 25.6 Å². The van der Waals surface area contributed by atoms with Gasteiger partial charge in [0.05, 0.1) is 5.69 Å². The Hall–Kier alpha value is -3.59. The molecule has 180 valence electrons. The van der Waals surface area contributed by atoms with Crippen LogP contribution in [0, 0.1) is 0 Å². The van der Waals surface area contributed by atoms with Crippen molar-refractivity contribution in [2.45, 2.75) is 50.1 Å². The molecule has 1 aliphatic heterocycles. The van der Waals surface area contributed by atoms with Gasteiger partial charge in [0.2, 0.25) is 5.95 Å². The maximum atomic E-state index is 13.6. The normalized spacial score (nSPS) is 17.9. The molecule has 3 aliphatic rings. The van der Waals surface area contributed by atoms with Gasteiger partial charge in [-0.2, -0.15) is 4.98 Å². The third kappa shape index (κ3) is 4.68. The number of benzene rings is 1. The van der Waals surface area contributed by atoms with Gasteiger partial charge in [-0.25, -0.2) is 9.97 Å². The molecule has 0 atom stereocenters. The van der Waals surface area contributed by atoms with Crippen LogP contribution in [0.2, 0.25) is 0 Å². The maximum absolute atomic E-state index is 13.6. The highest BCUT2D eigenvalue weighted by Gasteiger charge is 2.46. The number of halogens is 1. The number of nitrogens with one attached hydrogen (secondary N) is 4. The molecule has 2 saturated carbocycles. The second-order valence-electron chi connectivity index (χ2n) is 9.69. The summed E-state index contributed by atoms with van der Waals surface area (Å²) < 4.78 is 13.6. The number of carbonyl (C=O) groups excluding carboxylic acids is 1. The number of nitrogens with zero attached hydrogens (tertiary/aromatic N) is 3. The Bertz CT molecular complexity index is 1270. The molecule has 2 fully saturated rings. The lowest BCUT2D eigenvalue weighted by atomic mass is 10.0. The summed E-state index contributed by atoms with van der Waals surface area (Å²) in [6.07, 6.45) is 6.07. The molecule has 3 heterocycles. The molecule has 1 amide bonds. The highest BCUT2D eigenvalue weighted by Crippen LogP contribution is 2.47. The molecule has 2 aromatic heterocycles. The molecule has 6 rings (SSSR count). The van der Waals surface area contributed by atoms with Crippen LogP contribution in [0.3, 0.4) is 0 Å². The van der Waals surface area contributed by atoms with Crippen molar-refractivity contribution in [3.8, 4) is 0 Å². The summed E-state index contributed by atoms with van der Waals surface area (Å²) in [5, 5.41) is 12.8. The fourth-order valence-corrected chi connectivity index (χ4v) is 4.41. The van der Waals surface area contributed by atoms with E-state index in [0.717, 1.165) is 56.6 Å². The SMILES string of the molecule is O=C(NC1CC1)c1cnc(Nc2ccc3c(c2)CCNC3)nc1Nc1cccc(C2(CF)CC2)n1. The Morgan fingerprint density at radius 3 is 2.80 bits per heavy atom. The summed E-state index contributed by atoms with van der Waals surface area (Å²) in [6.45, 7) is 1.42. The Labute approximate surface area is 203 Å². The summed E-state index contributed by atoms with van der Waals surface area (Å²) >= 11 is 0. The van der Waals surface area contributed by atoms with E-state index in [1.807, 2.05) is 18.2 Å². The molecule has 0 bridgehead atoms. The third-order valence-corrected chi connectivity index (χ3v) is 6.94. The van der Waals surface area contributed by atoms with Crippen molar-refractivity contribution in [2.75, 3.05) is 23.9 Å². The topological polar surface area (TPSA) is 104 Å². The van der Waals surface area contributed by atoms with Gasteiger partial charge in [-0.05, 0) is 74.0 Å². The lowest BCUT2D eigenvalue weighted by Crippen LogP contribution is -2.27. The van der Waals surface area contributed by atoms with Crippen LogP contribution in [0.15, 0.2) is 42.6 Å². The average molecular weight is 474 g/mol. The molecular weight excluding hydrogens is 445 g/mol. The predicted molar refractivity (Wildman–Crippen MR) is 132 cm³/mol. The van der Waals surface area contributed by atoms with Gasteiger partial charge < -0.3 is 21.3 Å². The van der Waals surface area contributed by atoms with E-state index in [1.54, 1.807) is 6.07 Å². The fraction of sp³-hybridized carbons (Fsp3) is 0.385. The van der Waals surface area contributed by atoms with Crippen LogP contribution in [0.1, 0.15) is 52.9 Å². The van der Waals surface area contributed by atoms with Crippen LogP contribution in [0.25, 0.3) is 0 Å². The molecule has 9 heteroatoms. The molecule has 1 aromatic carbocycles. The number of hydrogen-bond donors (Lipinski definition) is 4. The van der Waals surface area contributed by atoms with Gasteiger partial charge in [0, 0.05) is 29.9 Å². The third-order valence-electron chi connectivity index (χ3n) is 6.94. The molecule has 0 spiro atoms. The summed E-state index contributed by atoms with van der Waals surface area (Å²) in [5.74, 6) is 1.04. The number of carbonyl (C=O) groups is 1. The van der Waals surface area contributed by atoms with E-state index in [4.69, 9.17) is 0 Å². The predicted octanol–water partition coefficient (Wildman–Crippen LogP) is 3.90. The molecule has 8 nitrogen and oxygen atoms in total. The van der Waals surface area contributed by atoms with Gasteiger partial charge in [-0.3, -0.25) is 9.18 Å². The van der Waals surface area contributed by atoms with Crippen molar-refractivity contribution in [1.29, 1.82) is 0 Å². The maximum Gasteiger partial charge on any atom is 0.256 e. The first-order valence-electron chi connectivity index (χ1n) is 12.2. The van der Waals surface area contributed by atoms with Gasteiger partial charge in [0.1, 0.15) is 23.9 Å². The highest BCUT2D eigenvalue weighted by molar-refractivity contribution is 5.99. The monoisotopic (exact) mass is 473 g/mol.